The van der Waals surface area contributed by atoms with Gasteiger partial charge in [-0.1, -0.05) is 24.3 Å². The molecule has 1 aromatic rings. The molecule has 1 nitrogen and oxygen atoms in total. The van der Waals surface area contributed by atoms with Crippen LogP contribution in [-0.2, 0) is 6.42 Å². The van der Waals surface area contributed by atoms with Crippen molar-refractivity contribution in [1.29, 1.82) is 0 Å². The molecule has 0 fully saturated rings. The van der Waals surface area contributed by atoms with E-state index >= 15 is 0 Å². The van der Waals surface area contributed by atoms with Crippen LogP contribution in [0.1, 0.15) is 17.5 Å². The van der Waals surface area contributed by atoms with Gasteiger partial charge in [-0.2, -0.15) is 0 Å². The fourth-order valence-corrected chi connectivity index (χ4v) is 1.64. The van der Waals surface area contributed by atoms with Gasteiger partial charge in [0.25, 0.3) is 0 Å². The third kappa shape index (κ3) is 0.967. The highest BCUT2D eigenvalue weighted by atomic mass is 14.7. The molecule has 0 saturated heterocycles. The van der Waals surface area contributed by atoms with Crippen LogP contribution in [0.2, 0.25) is 0 Å². The lowest BCUT2D eigenvalue weighted by atomic mass is 10.1. The maximum atomic E-state index is 4.25. The van der Waals surface area contributed by atoms with E-state index in [1.54, 1.807) is 0 Å². The van der Waals surface area contributed by atoms with E-state index in [1.807, 2.05) is 7.05 Å². The molecule has 1 aliphatic rings. The van der Waals surface area contributed by atoms with Crippen molar-refractivity contribution in [2.75, 3.05) is 7.05 Å². The van der Waals surface area contributed by atoms with Crippen LogP contribution in [-0.4, -0.2) is 12.8 Å². The summed E-state index contributed by atoms with van der Waals surface area (Å²) in [6, 6.07) is 8.52. The zero-order valence-electron chi connectivity index (χ0n) is 6.67. The van der Waals surface area contributed by atoms with Crippen molar-refractivity contribution >= 4 is 5.71 Å². The molecule has 1 aliphatic carbocycles. The van der Waals surface area contributed by atoms with Crippen LogP contribution in [0, 0.1) is 0 Å². The molecule has 0 aromatic heterocycles. The second-order valence-electron chi connectivity index (χ2n) is 2.83. The summed E-state index contributed by atoms with van der Waals surface area (Å²) in [5.41, 5.74) is 4.07. The van der Waals surface area contributed by atoms with Gasteiger partial charge in [-0.15, -0.1) is 0 Å². The predicted molar refractivity (Wildman–Crippen MR) is 47.2 cm³/mol. The molecule has 0 unspecified atom stereocenters. The summed E-state index contributed by atoms with van der Waals surface area (Å²) in [5.74, 6) is 0. The van der Waals surface area contributed by atoms with Crippen molar-refractivity contribution in [3.63, 3.8) is 0 Å². The molecule has 1 heteroatoms. The minimum absolute atomic E-state index is 1.12. The Morgan fingerprint density at radius 3 is 2.82 bits per heavy atom. The molecule has 0 N–H and O–H groups in total. The Morgan fingerprint density at radius 2 is 2.00 bits per heavy atom. The molecule has 56 valence electrons. The topological polar surface area (TPSA) is 12.4 Å². The molecule has 0 aliphatic heterocycles. The highest BCUT2D eigenvalue weighted by molar-refractivity contribution is 6.04. The number of aliphatic imine (C=N–C) groups is 1. The summed E-state index contributed by atoms with van der Waals surface area (Å²) in [6.07, 6.45) is 2.29. The number of hydrogen-bond acceptors (Lipinski definition) is 1. The fraction of sp³-hybridized carbons (Fsp3) is 0.300. The van der Waals surface area contributed by atoms with Gasteiger partial charge in [0.15, 0.2) is 0 Å². The van der Waals surface area contributed by atoms with Crippen molar-refractivity contribution in [2.24, 2.45) is 4.99 Å². The number of rotatable bonds is 0. The van der Waals surface area contributed by atoms with E-state index in [9.17, 15) is 0 Å². The molecule has 0 bridgehead atoms. The number of hydrogen-bond donors (Lipinski definition) is 0. The monoisotopic (exact) mass is 145 g/mol. The van der Waals surface area contributed by atoms with Gasteiger partial charge in [0.2, 0.25) is 0 Å². The molecule has 11 heavy (non-hydrogen) atoms. The third-order valence-corrected chi connectivity index (χ3v) is 2.23. The van der Waals surface area contributed by atoms with E-state index in [0.29, 0.717) is 0 Å². The van der Waals surface area contributed by atoms with Gasteiger partial charge in [0.05, 0.1) is 0 Å². The van der Waals surface area contributed by atoms with Crippen LogP contribution >= 0.6 is 0 Å². The number of nitrogens with zero attached hydrogens (tertiary/aromatic N) is 1. The minimum Gasteiger partial charge on any atom is -0.292 e. The van der Waals surface area contributed by atoms with E-state index < -0.39 is 0 Å². The third-order valence-electron chi connectivity index (χ3n) is 2.23. The van der Waals surface area contributed by atoms with Gasteiger partial charge in [0.1, 0.15) is 0 Å². The van der Waals surface area contributed by atoms with E-state index in [2.05, 4.69) is 29.3 Å². The van der Waals surface area contributed by atoms with Gasteiger partial charge in [-0.25, -0.2) is 0 Å². The molecule has 0 saturated carbocycles. The van der Waals surface area contributed by atoms with Gasteiger partial charge in [-0.3, -0.25) is 4.99 Å². The Balaban J connectivity index is 2.55. The summed E-state index contributed by atoms with van der Waals surface area (Å²) in [5, 5.41) is 0. The van der Waals surface area contributed by atoms with Gasteiger partial charge < -0.3 is 0 Å². The van der Waals surface area contributed by atoms with Crippen molar-refractivity contribution in [3.05, 3.63) is 35.4 Å². The number of fused-ring (bicyclic) bond motifs is 1. The molecular formula is C10H11N. The fourth-order valence-electron chi connectivity index (χ4n) is 1.64. The first kappa shape index (κ1) is 6.59. The molecule has 0 amide bonds. The molecule has 0 spiro atoms. The Bertz CT molecular complexity index is 299. The average Bonchev–Trinajstić information content (AvgIpc) is 2.47. The summed E-state index contributed by atoms with van der Waals surface area (Å²) >= 11 is 0. The average molecular weight is 145 g/mol. The van der Waals surface area contributed by atoms with E-state index in [0.717, 1.165) is 6.42 Å². The van der Waals surface area contributed by atoms with E-state index in [1.165, 1.54) is 23.3 Å². The van der Waals surface area contributed by atoms with Crippen LogP contribution in [0.3, 0.4) is 0 Å². The Hall–Kier alpha value is -1.11. The maximum Gasteiger partial charge on any atom is 0.0423 e. The van der Waals surface area contributed by atoms with Crippen molar-refractivity contribution in [2.45, 2.75) is 12.8 Å². The number of benzene rings is 1. The molecule has 0 heterocycles. The highest BCUT2D eigenvalue weighted by Gasteiger charge is 2.14. The van der Waals surface area contributed by atoms with Crippen molar-refractivity contribution in [1.82, 2.24) is 0 Å². The van der Waals surface area contributed by atoms with Crippen LogP contribution in [0.15, 0.2) is 29.3 Å². The quantitative estimate of drug-likeness (QED) is 0.530. The van der Waals surface area contributed by atoms with Crippen molar-refractivity contribution in [3.8, 4) is 0 Å². The first-order valence-electron chi connectivity index (χ1n) is 3.96. The largest absolute Gasteiger partial charge is 0.292 e. The molecule has 0 radical (unpaired) electrons. The second kappa shape index (κ2) is 2.50. The van der Waals surface area contributed by atoms with Crippen LogP contribution in [0.25, 0.3) is 0 Å². The molecule has 2 rings (SSSR count). The van der Waals surface area contributed by atoms with E-state index in [-0.39, 0.29) is 0 Å². The maximum absolute atomic E-state index is 4.25. The normalized spacial score (nSPS) is 18.8. The van der Waals surface area contributed by atoms with Gasteiger partial charge in [0, 0.05) is 12.8 Å². The van der Waals surface area contributed by atoms with Crippen LogP contribution in [0.4, 0.5) is 0 Å². The van der Waals surface area contributed by atoms with Crippen LogP contribution in [0.5, 0.6) is 0 Å². The summed E-state index contributed by atoms with van der Waals surface area (Å²) in [6.45, 7) is 0. The standard InChI is InChI=1S/C10H11N/c1-11-10-7-6-8-4-2-3-5-9(8)10/h2-5H,6-7H2,1H3/b11-10-. The Labute approximate surface area is 66.8 Å². The van der Waals surface area contributed by atoms with Crippen molar-refractivity contribution < 1.29 is 0 Å². The van der Waals surface area contributed by atoms with Crippen LogP contribution < -0.4 is 0 Å². The van der Waals surface area contributed by atoms with E-state index in [4.69, 9.17) is 0 Å². The predicted octanol–water partition coefficient (Wildman–Crippen LogP) is 2.05. The number of aryl methyl sites for hydroxylation is 1. The zero-order valence-corrected chi connectivity index (χ0v) is 6.67. The lowest BCUT2D eigenvalue weighted by Crippen LogP contribution is -1.92. The SMILES string of the molecule is C/N=C1/CCc2ccccc21. The molecular weight excluding hydrogens is 134 g/mol. The minimum atomic E-state index is 1.12. The van der Waals surface area contributed by atoms with Gasteiger partial charge in [-0.05, 0) is 24.0 Å². The second-order valence-corrected chi connectivity index (χ2v) is 2.83. The summed E-state index contributed by atoms with van der Waals surface area (Å²) in [7, 11) is 1.87. The highest BCUT2D eigenvalue weighted by Crippen LogP contribution is 2.21. The first-order chi connectivity index (χ1) is 5.42. The lowest BCUT2D eigenvalue weighted by molar-refractivity contribution is 1.09. The first-order valence-corrected chi connectivity index (χ1v) is 3.96. The smallest absolute Gasteiger partial charge is 0.0423 e. The molecule has 1 aromatic carbocycles. The van der Waals surface area contributed by atoms with Gasteiger partial charge >= 0.3 is 0 Å². The molecule has 0 atom stereocenters. The Kier molecular flexibility index (Phi) is 1.50. The zero-order chi connectivity index (χ0) is 7.68. The Morgan fingerprint density at radius 1 is 1.18 bits per heavy atom. The lowest BCUT2D eigenvalue weighted by Gasteiger charge is -1.96. The summed E-state index contributed by atoms with van der Waals surface area (Å²) < 4.78 is 0. The summed E-state index contributed by atoms with van der Waals surface area (Å²) in [4.78, 5) is 4.25.